The maximum Gasteiger partial charge on any atom is 0.323 e. The quantitative estimate of drug-likeness (QED) is 0.354. The molecule has 4 amide bonds. The van der Waals surface area contributed by atoms with Crippen molar-refractivity contribution in [2.75, 3.05) is 29.9 Å². The smallest absolute Gasteiger partial charge is 0.323 e. The molecule has 192 valence electrons. The second-order valence-corrected chi connectivity index (χ2v) is 16.9. The third-order valence-corrected chi connectivity index (χ3v) is 8.95. The van der Waals surface area contributed by atoms with Crippen molar-refractivity contribution in [2.24, 2.45) is 0 Å². The van der Waals surface area contributed by atoms with Crippen LogP contribution in [0.2, 0.25) is 25.7 Å². The normalized spacial score (nSPS) is 16.8. The Balaban J connectivity index is 1.30. The third-order valence-electron chi connectivity index (χ3n) is 6.64. The summed E-state index contributed by atoms with van der Waals surface area (Å²) >= 11 is 1.28. The van der Waals surface area contributed by atoms with Gasteiger partial charge in [-0.05, 0) is 25.0 Å². The lowest BCUT2D eigenvalue weighted by atomic mass is 10.00. The van der Waals surface area contributed by atoms with Gasteiger partial charge in [0.15, 0.2) is 0 Å². The summed E-state index contributed by atoms with van der Waals surface area (Å²) in [5, 5.41) is 14.8. The van der Waals surface area contributed by atoms with Gasteiger partial charge in [0.2, 0.25) is 5.13 Å². The molecule has 2 aliphatic heterocycles. The van der Waals surface area contributed by atoms with Crippen LogP contribution in [0, 0.1) is 0 Å². The number of likely N-dealkylation sites (tertiary alicyclic amines) is 1. The highest BCUT2D eigenvalue weighted by Crippen LogP contribution is 2.36. The first-order valence-electron chi connectivity index (χ1n) is 12.2. The highest BCUT2D eigenvalue weighted by Gasteiger charge is 2.35. The first-order valence-corrected chi connectivity index (χ1v) is 16.8. The van der Waals surface area contributed by atoms with Gasteiger partial charge in [-0.1, -0.05) is 31.0 Å². The molecule has 11 nitrogen and oxygen atoms in total. The fraction of sp³-hybridized carbons (Fsp3) is 0.522. The van der Waals surface area contributed by atoms with Gasteiger partial charge in [-0.3, -0.25) is 10.2 Å². The fourth-order valence-electron chi connectivity index (χ4n) is 4.66. The summed E-state index contributed by atoms with van der Waals surface area (Å²) < 4.78 is 7.96. The molecule has 5 heterocycles. The zero-order chi connectivity index (χ0) is 25.3. The first-order chi connectivity index (χ1) is 17.3. The molecule has 13 heteroatoms. The molecule has 36 heavy (non-hydrogen) atoms. The van der Waals surface area contributed by atoms with Gasteiger partial charge < -0.3 is 19.5 Å². The van der Waals surface area contributed by atoms with E-state index in [-0.39, 0.29) is 18.1 Å². The fourth-order valence-corrected chi connectivity index (χ4v) is 5.85. The van der Waals surface area contributed by atoms with Crippen LogP contribution >= 0.6 is 11.3 Å². The summed E-state index contributed by atoms with van der Waals surface area (Å²) in [6, 6.07) is 2.83. The average molecular weight is 529 g/mol. The number of nitrogens with zero attached hydrogens (tertiary/aromatic N) is 6. The van der Waals surface area contributed by atoms with Crippen LogP contribution in [0.4, 0.5) is 20.4 Å². The number of urea groups is 2. The summed E-state index contributed by atoms with van der Waals surface area (Å²) in [6.45, 7) is 9.74. The van der Waals surface area contributed by atoms with Gasteiger partial charge in [-0.25, -0.2) is 14.6 Å². The minimum absolute atomic E-state index is 0.0171. The van der Waals surface area contributed by atoms with Crippen LogP contribution < -0.4 is 15.5 Å². The van der Waals surface area contributed by atoms with E-state index < -0.39 is 8.07 Å². The van der Waals surface area contributed by atoms with E-state index >= 15 is 0 Å². The summed E-state index contributed by atoms with van der Waals surface area (Å²) in [6.07, 6.45) is 5.20. The Hall–Kier alpha value is -3.03. The summed E-state index contributed by atoms with van der Waals surface area (Å²) in [7, 11) is -1.15. The maximum absolute atomic E-state index is 13.1. The van der Waals surface area contributed by atoms with Crippen LogP contribution in [-0.4, -0.2) is 70.5 Å². The predicted molar refractivity (Wildman–Crippen MR) is 142 cm³/mol. The lowest BCUT2D eigenvalue weighted by Gasteiger charge is -2.41. The van der Waals surface area contributed by atoms with Crippen LogP contribution in [-0.2, 0) is 18.0 Å². The minimum atomic E-state index is -1.15. The molecule has 0 spiro atoms. The Morgan fingerprint density at radius 2 is 2.11 bits per heavy atom. The number of fused-ring (bicyclic) bond motifs is 3. The highest BCUT2D eigenvalue weighted by molar-refractivity contribution is 7.13. The molecule has 0 aliphatic carbocycles. The summed E-state index contributed by atoms with van der Waals surface area (Å²) in [5.41, 5.74) is 4.31. The predicted octanol–water partition coefficient (Wildman–Crippen LogP) is 3.93. The average Bonchev–Trinajstić information content (AvgIpc) is 3.51. The monoisotopic (exact) mass is 528 g/mol. The summed E-state index contributed by atoms with van der Waals surface area (Å²) in [4.78, 5) is 34.0. The number of aromatic nitrogens is 4. The number of hydrogen-bond donors (Lipinski definition) is 2. The van der Waals surface area contributed by atoms with E-state index in [1.54, 1.807) is 10.4 Å². The van der Waals surface area contributed by atoms with Crippen LogP contribution in [0.5, 0.6) is 0 Å². The Bertz CT molecular complexity index is 1230. The van der Waals surface area contributed by atoms with Crippen molar-refractivity contribution in [1.82, 2.24) is 30.0 Å². The maximum atomic E-state index is 13.1. The number of anilines is 2. The van der Waals surface area contributed by atoms with Crippen LogP contribution in [0.3, 0.4) is 0 Å². The number of nitrogens with one attached hydrogen (secondary N) is 2. The number of amides is 4. The molecule has 0 atom stereocenters. The third kappa shape index (κ3) is 5.22. The van der Waals surface area contributed by atoms with E-state index in [4.69, 9.17) is 9.72 Å². The number of rotatable bonds is 7. The van der Waals surface area contributed by atoms with Crippen LogP contribution in [0.25, 0.3) is 11.0 Å². The van der Waals surface area contributed by atoms with Crippen molar-refractivity contribution < 1.29 is 14.3 Å². The molecule has 2 aliphatic rings. The molecular weight excluding hydrogens is 496 g/mol. The number of piperidine rings is 1. The molecule has 0 radical (unpaired) electrons. The van der Waals surface area contributed by atoms with Gasteiger partial charge in [0.1, 0.15) is 17.9 Å². The van der Waals surface area contributed by atoms with Crippen molar-refractivity contribution in [3.8, 4) is 0 Å². The van der Waals surface area contributed by atoms with E-state index in [0.29, 0.717) is 44.3 Å². The molecule has 1 fully saturated rings. The van der Waals surface area contributed by atoms with Gasteiger partial charge in [0.25, 0.3) is 0 Å². The standard InChI is InChI=1S/C23H32N8O3SSi/c1-36(2,3)11-10-34-15-30-9-6-18-19-16(12-24-20(18)30)13-25-22(32)31(19)17-4-7-29(8-5-17)23(33)27-21-28-26-14-35-21/h6,9,12,14,17H,4-5,7-8,10-11,13,15H2,1-3H3,(H,25,32)(H,27,28,33). The van der Waals surface area contributed by atoms with E-state index in [2.05, 4.69) is 40.5 Å². The Morgan fingerprint density at radius 3 is 2.83 bits per heavy atom. The van der Waals surface area contributed by atoms with E-state index in [0.717, 1.165) is 34.9 Å². The number of ether oxygens (including phenoxy) is 1. The molecule has 0 saturated carbocycles. The SMILES string of the molecule is C[Si](C)(C)CCOCn1ccc2c3c(cnc21)CNC(=O)N3C1CCN(C(=O)Nc2nncs2)CC1. The number of carbonyl (C=O) groups excluding carboxylic acids is 2. The van der Waals surface area contributed by atoms with Crippen molar-refractivity contribution in [3.05, 3.63) is 29.5 Å². The van der Waals surface area contributed by atoms with Gasteiger partial charge in [0, 0.05) is 63.7 Å². The molecular formula is C23H32N8O3SSi. The van der Waals surface area contributed by atoms with E-state index in [1.807, 2.05) is 27.9 Å². The van der Waals surface area contributed by atoms with Crippen molar-refractivity contribution >= 4 is 53.3 Å². The Kier molecular flexibility index (Phi) is 6.95. The Labute approximate surface area is 214 Å². The van der Waals surface area contributed by atoms with Crippen LogP contribution in [0.15, 0.2) is 24.0 Å². The topological polar surface area (TPSA) is 118 Å². The molecule has 0 bridgehead atoms. The van der Waals surface area contributed by atoms with E-state index in [1.165, 1.54) is 11.3 Å². The molecule has 2 N–H and O–H groups in total. The lowest BCUT2D eigenvalue weighted by molar-refractivity contribution is 0.0899. The second-order valence-electron chi connectivity index (χ2n) is 10.4. The zero-order valence-corrected chi connectivity index (χ0v) is 22.7. The molecule has 3 aromatic rings. The largest absolute Gasteiger partial charge is 0.361 e. The minimum Gasteiger partial charge on any atom is -0.361 e. The lowest BCUT2D eigenvalue weighted by Crippen LogP contribution is -2.54. The molecule has 0 aromatic carbocycles. The highest BCUT2D eigenvalue weighted by atomic mass is 32.1. The Morgan fingerprint density at radius 1 is 1.31 bits per heavy atom. The number of hydrogen-bond acceptors (Lipinski definition) is 7. The van der Waals surface area contributed by atoms with Crippen molar-refractivity contribution in [2.45, 2.75) is 57.8 Å². The second kappa shape index (κ2) is 10.1. The zero-order valence-electron chi connectivity index (χ0n) is 20.9. The summed E-state index contributed by atoms with van der Waals surface area (Å²) in [5.74, 6) is 0. The molecule has 0 unspecified atom stereocenters. The van der Waals surface area contributed by atoms with Gasteiger partial charge >= 0.3 is 12.1 Å². The number of pyridine rings is 1. The van der Waals surface area contributed by atoms with Crippen LogP contribution in [0.1, 0.15) is 18.4 Å². The van der Waals surface area contributed by atoms with Crippen molar-refractivity contribution in [3.63, 3.8) is 0 Å². The molecule has 1 saturated heterocycles. The van der Waals surface area contributed by atoms with Crippen molar-refractivity contribution in [1.29, 1.82) is 0 Å². The molecule has 5 rings (SSSR count). The first kappa shape index (κ1) is 24.7. The van der Waals surface area contributed by atoms with Gasteiger partial charge in [-0.15, -0.1) is 10.2 Å². The molecule has 3 aromatic heterocycles. The van der Waals surface area contributed by atoms with Gasteiger partial charge in [-0.2, -0.15) is 0 Å². The van der Waals surface area contributed by atoms with Gasteiger partial charge in [0.05, 0.1) is 5.69 Å². The number of carbonyl (C=O) groups is 2. The van der Waals surface area contributed by atoms with E-state index in [9.17, 15) is 9.59 Å².